The van der Waals surface area contributed by atoms with Crippen molar-refractivity contribution in [2.45, 2.75) is 6.42 Å². The summed E-state index contributed by atoms with van der Waals surface area (Å²) in [5, 5.41) is 0.712. The quantitative estimate of drug-likeness (QED) is 0.591. The number of halogens is 1. The van der Waals surface area contributed by atoms with E-state index in [2.05, 4.69) is 47.1 Å². The van der Waals surface area contributed by atoms with E-state index in [0.717, 1.165) is 53.5 Å². The van der Waals surface area contributed by atoms with Crippen molar-refractivity contribution in [1.82, 2.24) is 9.88 Å². The molecule has 4 rings (SSSR count). The van der Waals surface area contributed by atoms with E-state index in [1.807, 2.05) is 48.7 Å². The van der Waals surface area contributed by atoms with Crippen LogP contribution in [-0.2, 0) is 0 Å². The molecule has 1 aliphatic heterocycles. The van der Waals surface area contributed by atoms with Gasteiger partial charge in [-0.15, -0.1) is 0 Å². The zero-order chi connectivity index (χ0) is 19.5. The second-order valence-corrected chi connectivity index (χ2v) is 7.52. The number of aromatic nitrogens is 1. The molecule has 5 heteroatoms. The fourth-order valence-corrected chi connectivity index (χ4v) is 3.81. The van der Waals surface area contributed by atoms with Crippen molar-refractivity contribution in [3.8, 4) is 0 Å². The molecule has 0 unspecified atom stereocenters. The molecule has 0 amide bonds. The molecule has 0 bridgehead atoms. The molecule has 3 aromatic rings. The minimum absolute atomic E-state index is 0.712. The highest BCUT2D eigenvalue weighted by Gasteiger charge is 2.26. The third-order valence-corrected chi connectivity index (χ3v) is 5.11. The summed E-state index contributed by atoms with van der Waals surface area (Å²) in [6.07, 6.45) is 2.81. The lowest BCUT2D eigenvalue weighted by atomic mass is 10.00. The lowest BCUT2D eigenvalue weighted by Gasteiger charge is -2.27. The van der Waals surface area contributed by atoms with Gasteiger partial charge in [0, 0.05) is 23.9 Å². The average molecular weight is 391 g/mol. The molecule has 28 heavy (non-hydrogen) atoms. The van der Waals surface area contributed by atoms with Crippen LogP contribution in [0.4, 0.5) is 17.2 Å². The normalized spacial score (nSPS) is 13.0. The van der Waals surface area contributed by atoms with E-state index in [1.54, 1.807) is 0 Å². The van der Waals surface area contributed by atoms with Crippen LogP contribution in [0, 0.1) is 0 Å². The average Bonchev–Trinajstić information content (AvgIpc) is 2.84. The minimum atomic E-state index is 0.712. The molecule has 0 saturated heterocycles. The number of hydrogen-bond donors (Lipinski definition) is 0. The standard InChI is InChI=1S/C23H23ClN4/c1-27(2)15-8-16-28-22-18(11-6-12-19(22)24)21(17-9-4-3-5-10-17)26-20-13-7-14-25-23(20)28/h3-7,9-14H,8,15-16H2,1-2H3. The second-order valence-electron chi connectivity index (χ2n) is 7.12. The lowest BCUT2D eigenvalue weighted by molar-refractivity contribution is 0.402. The zero-order valence-electron chi connectivity index (χ0n) is 16.1. The van der Waals surface area contributed by atoms with E-state index in [-0.39, 0.29) is 0 Å². The highest BCUT2D eigenvalue weighted by molar-refractivity contribution is 6.35. The van der Waals surface area contributed by atoms with Gasteiger partial charge in [-0.05, 0) is 45.3 Å². The molecule has 0 N–H and O–H groups in total. The van der Waals surface area contributed by atoms with Crippen LogP contribution < -0.4 is 4.90 Å². The summed E-state index contributed by atoms with van der Waals surface area (Å²) in [6.45, 7) is 1.81. The fraction of sp³-hybridized carbons (Fsp3) is 0.217. The Labute approximate surface area is 171 Å². The summed E-state index contributed by atoms with van der Waals surface area (Å²) in [6, 6.07) is 20.2. The first-order valence-corrected chi connectivity index (χ1v) is 9.83. The molecular weight excluding hydrogens is 368 g/mol. The Morgan fingerprint density at radius 2 is 1.79 bits per heavy atom. The van der Waals surface area contributed by atoms with Crippen molar-refractivity contribution >= 4 is 34.5 Å². The largest absolute Gasteiger partial charge is 0.323 e. The van der Waals surface area contributed by atoms with Gasteiger partial charge in [0.1, 0.15) is 5.69 Å². The van der Waals surface area contributed by atoms with Crippen molar-refractivity contribution in [1.29, 1.82) is 0 Å². The van der Waals surface area contributed by atoms with E-state index in [9.17, 15) is 0 Å². The number of hydrogen-bond acceptors (Lipinski definition) is 4. The van der Waals surface area contributed by atoms with Gasteiger partial charge in [-0.2, -0.15) is 0 Å². The topological polar surface area (TPSA) is 31.7 Å². The van der Waals surface area contributed by atoms with Gasteiger partial charge >= 0.3 is 0 Å². The number of anilines is 2. The van der Waals surface area contributed by atoms with Gasteiger partial charge in [0.05, 0.1) is 16.4 Å². The highest BCUT2D eigenvalue weighted by Crippen LogP contribution is 2.42. The molecule has 4 nitrogen and oxygen atoms in total. The van der Waals surface area contributed by atoms with Crippen molar-refractivity contribution in [3.05, 3.63) is 83.0 Å². The van der Waals surface area contributed by atoms with Crippen LogP contribution in [0.1, 0.15) is 17.5 Å². The number of aliphatic imine (C=N–C) groups is 1. The first kappa shape index (κ1) is 18.7. The zero-order valence-corrected chi connectivity index (χ0v) is 16.9. The van der Waals surface area contributed by atoms with Gasteiger partial charge in [-0.1, -0.05) is 54.1 Å². The van der Waals surface area contributed by atoms with Crippen LogP contribution in [0.3, 0.4) is 0 Å². The summed E-state index contributed by atoms with van der Waals surface area (Å²) in [5.41, 5.74) is 4.85. The number of fused-ring (bicyclic) bond motifs is 2. The lowest BCUT2D eigenvalue weighted by Crippen LogP contribution is -2.25. The van der Waals surface area contributed by atoms with Gasteiger partial charge in [-0.25, -0.2) is 9.98 Å². The molecular formula is C23H23ClN4. The molecule has 0 fully saturated rings. The van der Waals surface area contributed by atoms with Crippen LogP contribution in [0.5, 0.6) is 0 Å². The van der Waals surface area contributed by atoms with Crippen LogP contribution >= 0.6 is 11.6 Å². The molecule has 2 heterocycles. The highest BCUT2D eigenvalue weighted by atomic mass is 35.5. The Balaban J connectivity index is 1.90. The van der Waals surface area contributed by atoms with E-state index in [0.29, 0.717) is 5.02 Å². The summed E-state index contributed by atoms with van der Waals surface area (Å²) in [4.78, 5) is 14.1. The van der Waals surface area contributed by atoms with E-state index in [4.69, 9.17) is 16.6 Å². The molecule has 0 aliphatic carbocycles. The predicted molar refractivity (Wildman–Crippen MR) is 118 cm³/mol. The van der Waals surface area contributed by atoms with Gasteiger partial charge in [0.25, 0.3) is 0 Å². The third kappa shape index (κ3) is 3.66. The van der Waals surface area contributed by atoms with Crippen LogP contribution in [0.25, 0.3) is 0 Å². The van der Waals surface area contributed by atoms with E-state index < -0.39 is 0 Å². The van der Waals surface area contributed by atoms with Gasteiger partial charge in [0.2, 0.25) is 0 Å². The number of para-hydroxylation sites is 1. The molecule has 0 saturated carbocycles. The van der Waals surface area contributed by atoms with Crippen molar-refractivity contribution < 1.29 is 0 Å². The molecule has 142 valence electrons. The molecule has 1 aliphatic rings. The summed E-state index contributed by atoms with van der Waals surface area (Å²) >= 11 is 6.74. The second kappa shape index (κ2) is 8.13. The SMILES string of the molecule is CN(C)CCCN1c2ncccc2N=C(c2ccccc2)c2cccc(Cl)c21. The Morgan fingerprint density at radius 3 is 2.57 bits per heavy atom. The fourth-order valence-electron chi connectivity index (χ4n) is 3.53. The Bertz CT molecular complexity index is 998. The molecule has 0 radical (unpaired) electrons. The van der Waals surface area contributed by atoms with Crippen molar-refractivity contribution in [3.63, 3.8) is 0 Å². The van der Waals surface area contributed by atoms with Gasteiger partial charge in [0.15, 0.2) is 5.82 Å². The maximum Gasteiger partial charge on any atom is 0.159 e. The van der Waals surface area contributed by atoms with E-state index >= 15 is 0 Å². The minimum Gasteiger partial charge on any atom is -0.323 e. The van der Waals surface area contributed by atoms with Crippen LogP contribution in [-0.4, -0.2) is 42.8 Å². The van der Waals surface area contributed by atoms with Crippen LogP contribution in [0.2, 0.25) is 5.02 Å². The van der Waals surface area contributed by atoms with Crippen molar-refractivity contribution in [2.75, 3.05) is 32.1 Å². The van der Waals surface area contributed by atoms with Crippen molar-refractivity contribution in [2.24, 2.45) is 4.99 Å². The van der Waals surface area contributed by atoms with Gasteiger partial charge < -0.3 is 9.80 Å². The maximum absolute atomic E-state index is 6.74. The smallest absolute Gasteiger partial charge is 0.159 e. The number of nitrogens with zero attached hydrogens (tertiary/aromatic N) is 4. The van der Waals surface area contributed by atoms with Gasteiger partial charge in [-0.3, -0.25) is 0 Å². The molecule has 0 atom stereocenters. The summed E-state index contributed by atoms with van der Waals surface area (Å²) in [5.74, 6) is 0.849. The molecule has 1 aromatic heterocycles. The summed E-state index contributed by atoms with van der Waals surface area (Å²) < 4.78 is 0. The maximum atomic E-state index is 6.74. The monoisotopic (exact) mass is 390 g/mol. The predicted octanol–water partition coefficient (Wildman–Crippen LogP) is 5.31. The third-order valence-electron chi connectivity index (χ3n) is 4.80. The number of benzene rings is 2. The first-order valence-electron chi connectivity index (χ1n) is 9.45. The summed E-state index contributed by atoms with van der Waals surface area (Å²) in [7, 11) is 4.18. The Morgan fingerprint density at radius 1 is 0.964 bits per heavy atom. The Kier molecular flexibility index (Phi) is 5.42. The molecule has 0 spiro atoms. The first-order chi connectivity index (χ1) is 13.6. The number of rotatable bonds is 5. The Hall–Kier alpha value is -2.69. The number of pyridine rings is 1. The van der Waals surface area contributed by atoms with E-state index in [1.165, 1.54) is 0 Å². The molecule has 2 aromatic carbocycles. The van der Waals surface area contributed by atoms with Crippen LogP contribution in [0.15, 0.2) is 71.9 Å².